The number of nitrogens with one attached hydrogen (secondary N) is 2. The largest absolute Gasteiger partial charge is 0.459 e. The lowest BCUT2D eigenvalue weighted by atomic mass is 10.1. The zero-order valence-corrected chi connectivity index (χ0v) is 13.5. The van der Waals surface area contributed by atoms with Crippen LogP contribution in [-0.4, -0.2) is 18.4 Å². The highest BCUT2D eigenvalue weighted by atomic mass is 16.3. The van der Waals surface area contributed by atoms with E-state index in [1.54, 1.807) is 24.3 Å². The second-order valence-corrected chi connectivity index (χ2v) is 5.42. The summed E-state index contributed by atoms with van der Waals surface area (Å²) in [6.45, 7) is 4.66. The van der Waals surface area contributed by atoms with E-state index in [4.69, 9.17) is 4.42 Å². The first-order chi connectivity index (χ1) is 11.1. The molecule has 0 aliphatic heterocycles. The molecule has 2 N–H and O–H groups in total. The van der Waals surface area contributed by atoms with Crippen LogP contribution in [0.4, 0.5) is 5.69 Å². The van der Waals surface area contributed by atoms with E-state index in [1.165, 1.54) is 6.26 Å². The lowest BCUT2D eigenvalue weighted by Gasteiger charge is -2.10. The molecule has 2 amide bonds. The Morgan fingerprint density at radius 2 is 1.96 bits per heavy atom. The summed E-state index contributed by atoms with van der Waals surface area (Å²) in [5, 5.41) is 5.66. The van der Waals surface area contributed by atoms with Crippen LogP contribution in [-0.2, 0) is 0 Å². The third-order valence-electron chi connectivity index (χ3n) is 3.56. The van der Waals surface area contributed by atoms with E-state index < -0.39 is 0 Å². The molecule has 23 heavy (non-hydrogen) atoms. The molecule has 0 bridgehead atoms. The zero-order valence-electron chi connectivity index (χ0n) is 13.5. The summed E-state index contributed by atoms with van der Waals surface area (Å²) >= 11 is 0. The molecule has 0 spiro atoms. The van der Waals surface area contributed by atoms with E-state index in [9.17, 15) is 9.59 Å². The number of rotatable bonds is 7. The highest BCUT2D eigenvalue weighted by Gasteiger charge is 2.12. The molecule has 1 heterocycles. The molecule has 0 aliphatic rings. The number of furan rings is 1. The van der Waals surface area contributed by atoms with Gasteiger partial charge in [0.2, 0.25) is 0 Å². The monoisotopic (exact) mass is 314 g/mol. The van der Waals surface area contributed by atoms with Gasteiger partial charge < -0.3 is 15.1 Å². The fraction of sp³-hybridized carbons (Fsp3) is 0.333. The molecule has 0 unspecified atom stereocenters. The van der Waals surface area contributed by atoms with Gasteiger partial charge in [-0.05, 0) is 43.2 Å². The van der Waals surface area contributed by atoms with Crippen molar-refractivity contribution in [2.45, 2.75) is 33.1 Å². The van der Waals surface area contributed by atoms with E-state index >= 15 is 0 Å². The van der Waals surface area contributed by atoms with Crippen molar-refractivity contribution in [1.29, 1.82) is 0 Å². The van der Waals surface area contributed by atoms with Crippen molar-refractivity contribution in [3.05, 3.63) is 53.5 Å². The molecule has 1 aromatic heterocycles. The molecule has 0 radical (unpaired) electrons. The summed E-state index contributed by atoms with van der Waals surface area (Å²) in [5.74, 6) is -0.230. The maximum absolute atomic E-state index is 12.1. The van der Waals surface area contributed by atoms with Crippen molar-refractivity contribution in [3.63, 3.8) is 0 Å². The van der Waals surface area contributed by atoms with E-state index in [0.29, 0.717) is 17.8 Å². The SMILES string of the molecule is CCCCCNC(=O)c1ccc(C)c(NC(=O)c2ccco2)c1. The number of anilines is 1. The maximum Gasteiger partial charge on any atom is 0.291 e. The smallest absolute Gasteiger partial charge is 0.291 e. The Hall–Kier alpha value is -2.56. The molecular weight excluding hydrogens is 292 g/mol. The van der Waals surface area contributed by atoms with E-state index in [2.05, 4.69) is 17.6 Å². The molecule has 2 aromatic rings. The number of amides is 2. The molecule has 0 saturated heterocycles. The first-order valence-electron chi connectivity index (χ1n) is 7.85. The summed E-state index contributed by atoms with van der Waals surface area (Å²) in [7, 11) is 0. The van der Waals surface area contributed by atoms with Gasteiger partial charge in [-0.2, -0.15) is 0 Å². The predicted octanol–water partition coefficient (Wildman–Crippen LogP) is 3.76. The second kappa shape index (κ2) is 8.17. The summed E-state index contributed by atoms with van der Waals surface area (Å²) < 4.78 is 5.07. The fourth-order valence-electron chi connectivity index (χ4n) is 2.17. The van der Waals surface area contributed by atoms with Crippen molar-refractivity contribution < 1.29 is 14.0 Å². The highest BCUT2D eigenvalue weighted by Crippen LogP contribution is 2.18. The maximum atomic E-state index is 12.1. The van der Waals surface area contributed by atoms with Crippen LogP contribution >= 0.6 is 0 Å². The third kappa shape index (κ3) is 4.71. The number of hydrogen-bond acceptors (Lipinski definition) is 3. The van der Waals surface area contributed by atoms with Crippen LogP contribution in [0.1, 0.15) is 52.7 Å². The number of benzene rings is 1. The van der Waals surface area contributed by atoms with Crippen LogP contribution in [0.5, 0.6) is 0 Å². The zero-order chi connectivity index (χ0) is 16.7. The molecule has 2 rings (SSSR count). The second-order valence-electron chi connectivity index (χ2n) is 5.42. The fourth-order valence-corrected chi connectivity index (χ4v) is 2.17. The van der Waals surface area contributed by atoms with Crippen molar-refractivity contribution in [2.75, 3.05) is 11.9 Å². The van der Waals surface area contributed by atoms with Crippen LogP contribution in [0.2, 0.25) is 0 Å². The minimum atomic E-state index is -0.335. The Labute approximate surface area is 136 Å². The average molecular weight is 314 g/mol. The van der Waals surface area contributed by atoms with Gasteiger partial charge in [-0.25, -0.2) is 0 Å². The molecule has 122 valence electrons. The van der Waals surface area contributed by atoms with E-state index in [1.807, 2.05) is 13.0 Å². The normalized spacial score (nSPS) is 10.3. The Balaban J connectivity index is 2.03. The number of unbranched alkanes of at least 4 members (excludes halogenated alkanes) is 2. The van der Waals surface area contributed by atoms with E-state index in [-0.39, 0.29) is 17.6 Å². The van der Waals surface area contributed by atoms with Gasteiger partial charge in [0.25, 0.3) is 11.8 Å². The molecule has 1 aromatic carbocycles. The van der Waals surface area contributed by atoms with Crippen LogP contribution in [0.3, 0.4) is 0 Å². The van der Waals surface area contributed by atoms with Crippen molar-refractivity contribution in [2.24, 2.45) is 0 Å². The number of hydrogen-bond donors (Lipinski definition) is 2. The Morgan fingerprint density at radius 3 is 2.65 bits per heavy atom. The van der Waals surface area contributed by atoms with Crippen LogP contribution in [0.15, 0.2) is 41.0 Å². The van der Waals surface area contributed by atoms with Crippen LogP contribution in [0.25, 0.3) is 0 Å². The van der Waals surface area contributed by atoms with Gasteiger partial charge >= 0.3 is 0 Å². The number of aryl methyl sites for hydroxylation is 1. The topological polar surface area (TPSA) is 71.3 Å². The molecule has 5 nitrogen and oxygen atoms in total. The third-order valence-corrected chi connectivity index (χ3v) is 3.56. The first kappa shape index (κ1) is 16.8. The van der Waals surface area contributed by atoms with Gasteiger partial charge in [-0.1, -0.05) is 25.8 Å². The van der Waals surface area contributed by atoms with Gasteiger partial charge in [-0.3, -0.25) is 9.59 Å². The van der Waals surface area contributed by atoms with Crippen molar-refractivity contribution in [3.8, 4) is 0 Å². The summed E-state index contributed by atoms with van der Waals surface area (Å²) in [5.41, 5.74) is 2.02. The molecule has 0 saturated carbocycles. The number of carbonyl (C=O) groups is 2. The minimum Gasteiger partial charge on any atom is -0.459 e. The Kier molecular flexibility index (Phi) is 5.97. The van der Waals surface area contributed by atoms with Gasteiger partial charge in [0, 0.05) is 17.8 Å². The van der Waals surface area contributed by atoms with Crippen molar-refractivity contribution in [1.82, 2.24) is 5.32 Å². The van der Waals surface area contributed by atoms with Gasteiger partial charge in [0.1, 0.15) is 0 Å². The minimum absolute atomic E-state index is 0.130. The molecular formula is C18H22N2O3. The molecule has 0 aliphatic carbocycles. The quantitative estimate of drug-likeness (QED) is 0.764. The van der Waals surface area contributed by atoms with Gasteiger partial charge in [0.15, 0.2) is 5.76 Å². The van der Waals surface area contributed by atoms with Crippen LogP contribution in [0, 0.1) is 6.92 Å². The lowest BCUT2D eigenvalue weighted by molar-refractivity contribution is 0.0951. The average Bonchev–Trinajstić information content (AvgIpc) is 3.08. The Bertz CT molecular complexity index is 663. The predicted molar refractivity (Wildman–Crippen MR) is 89.7 cm³/mol. The lowest BCUT2D eigenvalue weighted by Crippen LogP contribution is -2.24. The summed E-state index contributed by atoms with van der Waals surface area (Å²) in [6.07, 6.45) is 4.63. The first-order valence-corrected chi connectivity index (χ1v) is 7.85. The van der Waals surface area contributed by atoms with Crippen molar-refractivity contribution >= 4 is 17.5 Å². The Morgan fingerprint density at radius 1 is 1.13 bits per heavy atom. The standard InChI is InChI=1S/C18H22N2O3/c1-3-4-5-10-19-17(21)14-9-8-13(2)15(12-14)20-18(22)16-7-6-11-23-16/h6-9,11-12H,3-5,10H2,1-2H3,(H,19,21)(H,20,22). The molecule has 0 fully saturated rings. The highest BCUT2D eigenvalue weighted by molar-refractivity contribution is 6.03. The number of carbonyl (C=O) groups excluding carboxylic acids is 2. The summed E-state index contributed by atoms with van der Waals surface area (Å²) in [4.78, 5) is 24.2. The van der Waals surface area contributed by atoms with E-state index in [0.717, 1.165) is 24.8 Å². The summed E-state index contributed by atoms with van der Waals surface area (Å²) in [6, 6.07) is 8.51. The van der Waals surface area contributed by atoms with Gasteiger partial charge in [-0.15, -0.1) is 0 Å². The van der Waals surface area contributed by atoms with Gasteiger partial charge in [0.05, 0.1) is 6.26 Å². The van der Waals surface area contributed by atoms with Crippen LogP contribution < -0.4 is 10.6 Å². The molecule has 0 atom stereocenters. The molecule has 5 heteroatoms.